The number of nitrogens with one attached hydrogen (secondary N) is 1. The molecule has 0 bridgehead atoms. The van der Waals surface area contributed by atoms with Gasteiger partial charge in [-0.3, -0.25) is 10.2 Å². The van der Waals surface area contributed by atoms with Gasteiger partial charge in [0.25, 0.3) is 5.91 Å². The number of allylic oxidation sites excluding steroid dienone is 1. The zero-order valence-corrected chi connectivity index (χ0v) is 18.6. The lowest BCUT2D eigenvalue weighted by molar-refractivity contribution is 0.0601. The number of rotatable bonds is 6. The Labute approximate surface area is 187 Å². The van der Waals surface area contributed by atoms with E-state index in [9.17, 15) is 4.79 Å². The third-order valence-corrected chi connectivity index (χ3v) is 5.98. The van der Waals surface area contributed by atoms with Crippen molar-refractivity contribution < 1.29 is 9.53 Å². The molecule has 1 aliphatic rings. The summed E-state index contributed by atoms with van der Waals surface area (Å²) in [6.45, 7) is 5.13. The average Bonchev–Trinajstić information content (AvgIpc) is 2.72. The molecule has 3 rings (SSSR count). The Morgan fingerprint density at radius 2 is 1.84 bits per heavy atom. The first-order valence-corrected chi connectivity index (χ1v) is 10.3. The fourth-order valence-corrected chi connectivity index (χ4v) is 3.86. The van der Waals surface area contributed by atoms with Crippen LogP contribution in [-0.4, -0.2) is 43.3 Å². The van der Waals surface area contributed by atoms with Crippen molar-refractivity contribution in [3.8, 4) is 6.07 Å². The Balaban J connectivity index is 1.79. The molecule has 1 heterocycles. The monoisotopic (exact) mass is 436 g/mol. The Kier molecular flexibility index (Phi) is 6.79. The predicted molar refractivity (Wildman–Crippen MR) is 121 cm³/mol. The van der Waals surface area contributed by atoms with E-state index >= 15 is 0 Å². The molecule has 1 aliphatic heterocycles. The number of amides is 1. The molecule has 0 atom stereocenters. The highest BCUT2D eigenvalue weighted by Crippen LogP contribution is 2.30. The van der Waals surface area contributed by atoms with Crippen molar-refractivity contribution in [3.05, 3.63) is 80.5 Å². The highest BCUT2D eigenvalue weighted by atomic mass is 35.5. The van der Waals surface area contributed by atoms with Crippen LogP contribution in [0.25, 0.3) is 0 Å². The van der Waals surface area contributed by atoms with Crippen molar-refractivity contribution in [1.29, 1.82) is 10.7 Å². The zero-order chi connectivity index (χ0) is 22.7. The maximum Gasteiger partial charge on any atom is 0.254 e. The summed E-state index contributed by atoms with van der Waals surface area (Å²) < 4.78 is 4.99. The van der Waals surface area contributed by atoms with Gasteiger partial charge >= 0.3 is 0 Å². The van der Waals surface area contributed by atoms with Crippen LogP contribution in [0.5, 0.6) is 0 Å². The topological polar surface area (TPSA) is 103 Å². The van der Waals surface area contributed by atoms with E-state index < -0.39 is 0 Å². The second-order valence-corrected chi connectivity index (χ2v) is 8.15. The lowest BCUT2D eigenvalue weighted by Crippen LogP contribution is -2.48. The Morgan fingerprint density at radius 1 is 1.23 bits per heavy atom. The number of carbonyl (C=O) groups excluding carboxylic acids is 1. The third kappa shape index (κ3) is 4.63. The van der Waals surface area contributed by atoms with E-state index in [1.807, 2.05) is 32.0 Å². The van der Waals surface area contributed by atoms with Gasteiger partial charge in [0.05, 0.1) is 34.7 Å². The van der Waals surface area contributed by atoms with Crippen LogP contribution in [0.3, 0.4) is 0 Å². The number of nitriles is 1. The van der Waals surface area contributed by atoms with Crippen molar-refractivity contribution >= 4 is 23.2 Å². The first-order valence-electron chi connectivity index (χ1n) is 9.89. The number of likely N-dealkylation sites (tertiary alicyclic amines) is 1. The molecule has 0 aromatic heterocycles. The van der Waals surface area contributed by atoms with Crippen LogP contribution in [0.2, 0.25) is 0 Å². The summed E-state index contributed by atoms with van der Waals surface area (Å²) in [6, 6.07) is 13.2. The molecule has 1 amide bonds. The fraction of sp³-hybridized carbons (Fsp3) is 0.292. The quantitative estimate of drug-likeness (QED) is 0.671. The average molecular weight is 437 g/mol. The van der Waals surface area contributed by atoms with Gasteiger partial charge in [0.1, 0.15) is 0 Å². The number of aryl methyl sites for hydroxylation is 2. The van der Waals surface area contributed by atoms with Crippen LogP contribution in [0.1, 0.15) is 44.1 Å². The van der Waals surface area contributed by atoms with Gasteiger partial charge in [-0.15, -0.1) is 0 Å². The summed E-state index contributed by atoms with van der Waals surface area (Å²) in [6.07, 6.45) is 0. The van der Waals surface area contributed by atoms with Gasteiger partial charge < -0.3 is 15.4 Å². The first kappa shape index (κ1) is 22.5. The minimum absolute atomic E-state index is 0.0681. The number of hydrogen-bond acceptors (Lipinski definition) is 5. The number of ether oxygens (including phenoxy) is 1. The molecule has 1 saturated heterocycles. The number of hydrogen-bond donors (Lipinski definition) is 2. The van der Waals surface area contributed by atoms with Crippen LogP contribution in [0, 0.1) is 30.6 Å². The van der Waals surface area contributed by atoms with Gasteiger partial charge in [-0.05, 0) is 48.7 Å². The van der Waals surface area contributed by atoms with Gasteiger partial charge in [-0.2, -0.15) is 5.26 Å². The van der Waals surface area contributed by atoms with E-state index in [-0.39, 0.29) is 34.9 Å². The number of benzene rings is 2. The molecule has 0 aliphatic carbocycles. The Bertz CT molecular complexity index is 1090. The van der Waals surface area contributed by atoms with Crippen LogP contribution in [0.4, 0.5) is 0 Å². The van der Waals surface area contributed by atoms with Gasteiger partial charge in [-0.25, -0.2) is 0 Å². The van der Waals surface area contributed by atoms with Crippen LogP contribution in [0.15, 0.2) is 47.1 Å². The number of methoxy groups -OCH3 is 1. The van der Waals surface area contributed by atoms with Gasteiger partial charge in [0.2, 0.25) is 0 Å². The molecule has 1 fully saturated rings. The standard InChI is InChI=1S/C24H25ClN4O2/c1-14-8-15(2)20(9-19(14)23(28)22(25)21(27)13-31-3)24(30)29-11-18(12-29)17-6-4-16(10-26)5-7-17/h4-9,18,28H,11-13,27H2,1-3H3. The van der Waals surface area contributed by atoms with Crippen molar-refractivity contribution in [1.82, 2.24) is 4.90 Å². The second-order valence-electron chi connectivity index (χ2n) is 7.77. The molecule has 3 N–H and O–H groups in total. The molecule has 2 aromatic carbocycles. The highest BCUT2D eigenvalue weighted by molar-refractivity contribution is 6.46. The largest absolute Gasteiger partial charge is 0.399 e. The van der Waals surface area contributed by atoms with E-state index in [0.717, 1.165) is 16.7 Å². The molecule has 31 heavy (non-hydrogen) atoms. The Hall–Kier alpha value is -3.14. The maximum absolute atomic E-state index is 13.1. The Morgan fingerprint density at radius 3 is 2.42 bits per heavy atom. The first-order chi connectivity index (χ1) is 14.8. The number of carbonyl (C=O) groups is 1. The molecule has 6 nitrogen and oxygen atoms in total. The van der Waals surface area contributed by atoms with E-state index in [1.54, 1.807) is 23.1 Å². The van der Waals surface area contributed by atoms with E-state index in [0.29, 0.717) is 29.8 Å². The molecule has 160 valence electrons. The van der Waals surface area contributed by atoms with E-state index in [2.05, 4.69) is 6.07 Å². The van der Waals surface area contributed by atoms with Gasteiger partial charge in [0.15, 0.2) is 0 Å². The minimum Gasteiger partial charge on any atom is -0.399 e. The summed E-state index contributed by atoms with van der Waals surface area (Å²) in [4.78, 5) is 14.9. The third-order valence-electron chi connectivity index (χ3n) is 5.55. The second kappa shape index (κ2) is 9.34. The number of nitrogens with zero attached hydrogens (tertiary/aromatic N) is 2. The summed E-state index contributed by atoms with van der Waals surface area (Å²) in [5.74, 6) is 0.188. The van der Waals surface area contributed by atoms with Crippen molar-refractivity contribution in [2.24, 2.45) is 5.73 Å². The molecular weight excluding hydrogens is 412 g/mol. The fourth-order valence-electron chi connectivity index (χ4n) is 3.71. The summed E-state index contributed by atoms with van der Waals surface area (Å²) in [5.41, 5.74) is 10.8. The van der Waals surface area contributed by atoms with Gasteiger partial charge in [-0.1, -0.05) is 29.8 Å². The molecule has 2 aromatic rings. The smallest absolute Gasteiger partial charge is 0.254 e. The van der Waals surface area contributed by atoms with Crippen molar-refractivity contribution in [2.75, 3.05) is 26.8 Å². The van der Waals surface area contributed by atoms with Crippen LogP contribution < -0.4 is 5.73 Å². The summed E-state index contributed by atoms with van der Waals surface area (Å²) in [5, 5.41) is 17.5. The van der Waals surface area contributed by atoms with Crippen molar-refractivity contribution in [3.63, 3.8) is 0 Å². The van der Waals surface area contributed by atoms with E-state index in [4.69, 9.17) is 32.7 Å². The summed E-state index contributed by atoms with van der Waals surface area (Å²) >= 11 is 6.28. The van der Waals surface area contributed by atoms with Gasteiger partial charge in [0, 0.05) is 37.2 Å². The van der Waals surface area contributed by atoms with Crippen LogP contribution >= 0.6 is 11.6 Å². The molecule has 0 radical (unpaired) electrons. The SMILES string of the molecule is COCC(N)=C(Cl)C(=N)c1cc(C(=O)N2CC(c3ccc(C#N)cc3)C2)c(C)cc1C. The summed E-state index contributed by atoms with van der Waals surface area (Å²) in [7, 11) is 1.51. The van der Waals surface area contributed by atoms with E-state index in [1.165, 1.54) is 7.11 Å². The van der Waals surface area contributed by atoms with Crippen LogP contribution in [-0.2, 0) is 4.74 Å². The lowest BCUT2D eigenvalue weighted by atomic mass is 9.89. The zero-order valence-electron chi connectivity index (χ0n) is 17.8. The maximum atomic E-state index is 13.1. The molecule has 0 spiro atoms. The molecule has 0 saturated carbocycles. The lowest BCUT2D eigenvalue weighted by Gasteiger charge is -2.40. The van der Waals surface area contributed by atoms with Crippen molar-refractivity contribution in [2.45, 2.75) is 19.8 Å². The number of halogens is 1. The molecular formula is C24H25ClN4O2. The predicted octanol–water partition coefficient (Wildman–Crippen LogP) is 3.84. The number of nitrogens with two attached hydrogens (primary N) is 1. The highest BCUT2D eigenvalue weighted by Gasteiger charge is 2.33. The molecule has 0 unspecified atom stereocenters. The molecule has 7 heteroatoms. The minimum atomic E-state index is -0.0681. The normalized spacial score (nSPS) is 14.5.